The third-order valence-electron chi connectivity index (χ3n) is 6.12. The van der Waals surface area contributed by atoms with Gasteiger partial charge in [0, 0.05) is 48.4 Å². The summed E-state index contributed by atoms with van der Waals surface area (Å²) in [5.74, 6) is 0.698. The number of thioether (sulfide) groups is 1. The molecule has 34 heavy (non-hydrogen) atoms. The Labute approximate surface area is 211 Å². The Kier molecular flexibility index (Phi) is 9.05. The molecule has 0 bridgehead atoms. The summed E-state index contributed by atoms with van der Waals surface area (Å²) in [6, 6.07) is 26.9. The van der Waals surface area contributed by atoms with Crippen LogP contribution in [0, 0.1) is 0 Å². The number of halogens is 1. The highest BCUT2D eigenvalue weighted by Gasteiger charge is 2.26. The number of rotatable bonds is 9. The third kappa shape index (κ3) is 6.42. The van der Waals surface area contributed by atoms with Crippen LogP contribution in [0.2, 0.25) is 5.02 Å². The summed E-state index contributed by atoms with van der Waals surface area (Å²) in [5, 5.41) is 0.766. The number of benzene rings is 3. The molecule has 1 aliphatic rings. The fourth-order valence-corrected chi connectivity index (χ4v) is 5.57. The van der Waals surface area contributed by atoms with Crippen LogP contribution in [0.25, 0.3) is 0 Å². The SMILES string of the molecule is CCOC(=O)c1ccccc1SCCN1CCN(C(c2ccccc2)c2ccc(Cl)cc2)CC1. The second-order valence-corrected chi connectivity index (χ2v) is 9.88. The summed E-state index contributed by atoms with van der Waals surface area (Å²) in [7, 11) is 0. The van der Waals surface area contributed by atoms with E-state index in [1.54, 1.807) is 11.8 Å². The van der Waals surface area contributed by atoms with Gasteiger partial charge in [0.25, 0.3) is 0 Å². The average Bonchev–Trinajstić information content (AvgIpc) is 2.87. The topological polar surface area (TPSA) is 32.8 Å². The fourth-order valence-electron chi connectivity index (χ4n) is 4.39. The highest BCUT2D eigenvalue weighted by Crippen LogP contribution is 2.30. The quantitative estimate of drug-likeness (QED) is 0.268. The molecule has 6 heteroatoms. The van der Waals surface area contributed by atoms with Gasteiger partial charge < -0.3 is 4.74 Å². The van der Waals surface area contributed by atoms with Gasteiger partial charge in [0.2, 0.25) is 0 Å². The van der Waals surface area contributed by atoms with Crippen LogP contribution < -0.4 is 0 Å². The Morgan fingerprint density at radius 2 is 1.56 bits per heavy atom. The van der Waals surface area contributed by atoms with E-state index in [9.17, 15) is 4.79 Å². The minimum atomic E-state index is -0.242. The van der Waals surface area contributed by atoms with Crippen molar-refractivity contribution in [2.24, 2.45) is 0 Å². The van der Waals surface area contributed by atoms with E-state index in [0.29, 0.717) is 12.2 Å². The van der Waals surface area contributed by atoms with E-state index in [0.717, 1.165) is 48.4 Å². The monoisotopic (exact) mass is 494 g/mol. The van der Waals surface area contributed by atoms with Crippen molar-refractivity contribution in [2.75, 3.05) is 45.1 Å². The number of hydrogen-bond donors (Lipinski definition) is 0. The van der Waals surface area contributed by atoms with Gasteiger partial charge in [0.05, 0.1) is 18.2 Å². The smallest absolute Gasteiger partial charge is 0.339 e. The first-order valence-corrected chi connectivity index (χ1v) is 13.2. The Bertz CT molecular complexity index is 1050. The van der Waals surface area contributed by atoms with Gasteiger partial charge in [-0.2, -0.15) is 0 Å². The molecule has 178 valence electrons. The van der Waals surface area contributed by atoms with Gasteiger partial charge in [-0.1, -0.05) is 66.2 Å². The second kappa shape index (κ2) is 12.4. The molecule has 1 fully saturated rings. The molecule has 0 saturated carbocycles. The van der Waals surface area contributed by atoms with Crippen LogP contribution in [0.1, 0.15) is 34.5 Å². The minimum Gasteiger partial charge on any atom is -0.462 e. The lowest BCUT2D eigenvalue weighted by molar-refractivity contribution is 0.0522. The molecule has 1 heterocycles. The van der Waals surface area contributed by atoms with E-state index < -0.39 is 0 Å². The lowest BCUT2D eigenvalue weighted by Gasteiger charge is -2.39. The number of piperazine rings is 1. The maximum Gasteiger partial charge on any atom is 0.339 e. The van der Waals surface area contributed by atoms with Crippen LogP contribution in [0.5, 0.6) is 0 Å². The zero-order valence-electron chi connectivity index (χ0n) is 19.5. The molecule has 0 radical (unpaired) electrons. The van der Waals surface area contributed by atoms with Crippen molar-refractivity contribution in [3.8, 4) is 0 Å². The lowest BCUT2D eigenvalue weighted by atomic mass is 9.96. The van der Waals surface area contributed by atoms with Crippen molar-refractivity contribution < 1.29 is 9.53 Å². The number of nitrogens with zero attached hydrogens (tertiary/aromatic N) is 2. The third-order valence-corrected chi connectivity index (χ3v) is 7.43. The first-order chi connectivity index (χ1) is 16.7. The van der Waals surface area contributed by atoms with Gasteiger partial charge in [-0.05, 0) is 42.3 Å². The van der Waals surface area contributed by atoms with Gasteiger partial charge in [-0.3, -0.25) is 9.80 Å². The van der Waals surface area contributed by atoms with E-state index in [4.69, 9.17) is 16.3 Å². The molecule has 0 aliphatic carbocycles. The predicted octanol–water partition coefficient (Wildman–Crippen LogP) is 6.02. The van der Waals surface area contributed by atoms with Crippen LogP contribution in [-0.4, -0.2) is 60.9 Å². The largest absolute Gasteiger partial charge is 0.462 e. The molecular formula is C28H31ClN2O2S. The van der Waals surface area contributed by atoms with Gasteiger partial charge in [-0.15, -0.1) is 11.8 Å². The molecule has 4 rings (SSSR count). The molecule has 1 aliphatic heterocycles. The minimum absolute atomic E-state index is 0.228. The molecular weight excluding hydrogens is 464 g/mol. The summed E-state index contributed by atoms with van der Waals surface area (Å²) in [4.78, 5) is 18.3. The van der Waals surface area contributed by atoms with E-state index in [1.165, 1.54) is 11.1 Å². The highest BCUT2D eigenvalue weighted by molar-refractivity contribution is 7.99. The van der Waals surface area contributed by atoms with Gasteiger partial charge >= 0.3 is 5.97 Å². The Morgan fingerprint density at radius 3 is 2.26 bits per heavy atom. The standard InChI is InChI=1S/C28H31ClN2O2S/c1-2-33-28(32)25-10-6-7-11-26(25)34-21-20-30-16-18-31(19-17-30)27(22-8-4-3-5-9-22)23-12-14-24(29)15-13-23/h3-15,27H,2,16-21H2,1H3. The summed E-state index contributed by atoms with van der Waals surface area (Å²) in [6.45, 7) is 7.28. The zero-order valence-corrected chi connectivity index (χ0v) is 21.1. The van der Waals surface area contributed by atoms with Crippen molar-refractivity contribution in [1.82, 2.24) is 9.80 Å². The predicted molar refractivity (Wildman–Crippen MR) is 141 cm³/mol. The summed E-state index contributed by atoms with van der Waals surface area (Å²) < 4.78 is 5.20. The number of carbonyl (C=O) groups is 1. The van der Waals surface area contributed by atoms with Crippen LogP contribution in [0.4, 0.5) is 0 Å². The maximum atomic E-state index is 12.2. The first kappa shape index (κ1) is 24.8. The van der Waals surface area contributed by atoms with E-state index >= 15 is 0 Å². The highest BCUT2D eigenvalue weighted by atomic mass is 35.5. The molecule has 0 aromatic heterocycles. The number of carbonyl (C=O) groups excluding carboxylic acids is 1. The van der Waals surface area contributed by atoms with Gasteiger partial charge in [0.15, 0.2) is 0 Å². The van der Waals surface area contributed by atoms with E-state index in [2.05, 4.69) is 52.3 Å². The molecule has 1 saturated heterocycles. The summed E-state index contributed by atoms with van der Waals surface area (Å²) in [5.41, 5.74) is 3.24. The van der Waals surface area contributed by atoms with Crippen molar-refractivity contribution in [2.45, 2.75) is 17.9 Å². The Balaban J connectivity index is 1.34. The maximum absolute atomic E-state index is 12.2. The van der Waals surface area contributed by atoms with Crippen LogP contribution in [0.15, 0.2) is 83.8 Å². The lowest BCUT2D eigenvalue weighted by Crippen LogP contribution is -2.48. The number of esters is 1. The fraction of sp³-hybridized carbons (Fsp3) is 0.321. The van der Waals surface area contributed by atoms with Crippen molar-refractivity contribution in [1.29, 1.82) is 0 Å². The molecule has 3 aromatic rings. The van der Waals surface area contributed by atoms with Crippen LogP contribution in [-0.2, 0) is 4.74 Å². The van der Waals surface area contributed by atoms with E-state index in [1.807, 2.05) is 43.3 Å². The molecule has 4 nitrogen and oxygen atoms in total. The van der Waals surface area contributed by atoms with Crippen molar-refractivity contribution >= 4 is 29.3 Å². The van der Waals surface area contributed by atoms with E-state index in [-0.39, 0.29) is 12.0 Å². The normalized spacial score (nSPS) is 15.7. The molecule has 0 N–H and O–H groups in total. The Hall–Kier alpha value is -2.31. The van der Waals surface area contributed by atoms with Crippen LogP contribution >= 0.6 is 23.4 Å². The second-order valence-electron chi connectivity index (χ2n) is 8.31. The van der Waals surface area contributed by atoms with Crippen molar-refractivity contribution in [3.63, 3.8) is 0 Å². The van der Waals surface area contributed by atoms with Crippen molar-refractivity contribution in [3.05, 3.63) is 101 Å². The van der Waals surface area contributed by atoms with Gasteiger partial charge in [-0.25, -0.2) is 4.79 Å². The zero-order chi connectivity index (χ0) is 23.8. The van der Waals surface area contributed by atoms with Gasteiger partial charge in [0.1, 0.15) is 0 Å². The molecule has 1 atom stereocenters. The number of hydrogen-bond acceptors (Lipinski definition) is 5. The average molecular weight is 495 g/mol. The summed E-state index contributed by atoms with van der Waals surface area (Å²) in [6.07, 6.45) is 0. The number of ether oxygens (including phenoxy) is 1. The molecule has 3 aromatic carbocycles. The first-order valence-electron chi connectivity index (χ1n) is 11.8. The molecule has 1 unspecified atom stereocenters. The Morgan fingerprint density at radius 1 is 0.912 bits per heavy atom. The molecule has 0 amide bonds. The molecule has 0 spiro atoms. The van der Waals surface area contributed by atoms with Crippen LogP contribution in [0.3, 0.4) is 0 Å². The summed E-state index contributed by atoms with van der Waals surface area (Å²) >= 11 is 7.88.